The molecule has 0 radical (unpaired) electrons. The van der Waals surface area contributed by atoms with Crippen LogP contribution >= 0.6 is 0 Å². The highest BCUT2D eigenvalue weighted by Crippen LogP contribution is 1.83. The van der Waals surface area contributed by atoms with Gasteiger partial charge < -0.3 is 15.8 Å². The number of nitrogens with two attached hydrogens (primary N) is 1. The van der Waals surface area contributed by atoms with Crippen LogP contribution in [0.4, 0.5) is 0 Å². The first-order valence-corrected chi connectivity index (χ1v) is 4.92. The first kappa shape index (κ1) is 13.0. The third-order valence-electron chi connectivity index (χ3n) is 1.42. The number of nitrogens with zero attached hydrogens (tertiary/aromatic N) is 1. The molecule has 0 amide bonds. The zero-order chi connectivity index (χ0) is 10.8. The highest BCUT2D eigenvalue weighted by molar-refractivity contribution is 5.77. The molecule has 0 saturated carbocycles. The van der Waals surface area contributed by atoms with Gasteiger partial charge in [0.25, 0.3) is 0 Å². The Morgan fingerprint density at radius 2 is 2.29 bits per heavy atom. The summed E-state index contributed by atoms with van der Waals surface area (Å²) >= 11 is 0. The smallest absolute Gasteiger partial charge is 0.188 e. The van der Waals surface area contributed by atoms with Crippen LogP contribution < -0.4 is 11.1 Å². The van der Waals surface area contributed by atoms with Gasteiger partial charge in [-0.3, -0.25) is 4.99 Å². The van der Waals surface area contributed by atoms with Gasteiger partial charge in [-0.25, -0.2) is 0 Å². The Morgan fingerprint density at radius 1 is 1.57 bits per heavy atom. The monoisotopic (exact) mass is 199 g/mol. The summed E-state index contributed by atoms with van der Waals surface area (Å²) in [5.74, 6) is 0.479. The minimum Gasteiger partial charge on any atom is -0.379 e. The second kappa shape index (κ2) is 8.56. The molecule has 0 aliphatic heterocycles. The van der Waals surface area contributed by atoms with Crippen LogP contribution in [-0.2, 0) is 4.74 Å². The van der Waals surface area contributed by atoms with Crippen molar-refractivity contribution in [2.75, 3.05) is 19.8 Å². The molecule has 0 unspecified atom stereocenters. The van der Waals surface area contributed by atoms with E-state index in [1.54, 1.807) is 0 Å². The van der Waals surface area contributed by atoms with Crippen LogP contribution in [0.15, 0.2) is 17.6 Å². The Kier molecular flexibility index (Phi) is 7.93. The molecule has 0 rings (SSSR count). The molecule has 0 spiro atoms. The molecule has 3 N–H and O–H groups in total. The average Bonchev–Trinajstić information content (AvgIpc) is 2.10. The number of rotatable bonds is 7. The van der Waals surface area contributed by atoms with E-state index >= 15 is 0 Å². The Hall–Kier alpha value is -1.03. The van der Waals surface area contributed by atoms with Gasteiger partial charge in [-0.1, -0.05) is 6.08 Å². The van der Waals surface area contributed by atoms with Crippen molar-refractivity contribution in [3.05, 3.63) is 12.7 Å². The van der Waals surface area contributed by atoms with Crippen LogP contribution in [0.2, 0.25) is 0 Å². The Labute approximate surface area is 86.2 Å². The lowest BCUT2D eigenvalue weighted by Crippen LogP contribution is -2.37. The van der Waals surface area contributed by atoms with Gasteiger partial charge in [0.05, 0.1) is 19.8 Å². The van der Waals surface area contributed by atoms with Crippen molar-refractivity contribution in [3.63, 3.8) is 0 Å². The van der Waals surface area contributed by atoms with E-state index < -0.39 is 0 Å². The van der Waals surface area contributed by atoms with Gasteiger partial charge in [0.2, 0.25) is 0 Å². The normalized spacial score (nSPS) is 11.8. The highest BCUT2D eigenvalue weighted by atomic mass is 16.5. The first-order chi connectivity index (χ1) is 6.66. The maximum atomic E-state index is 5.58. The summed E-state index contributed by atoms with van der Waals surface area (Å²) < 4.78 is 5.27. The molecule has 4 nitrogen and oxygen atoms in total. The van der Waals surface area contributed by atoms with Crippen molar-refractivity contribution >= 4 is 5.96 Å². The molecule has 4 heteroatoms. The molecule has 82 valence electrons. The number of aliphatic imine (C=N–C) groups is 1. The molecule has 0 fully saturated rings. The van der Waals surface area contributed by atoms with E-state index in [4.69, 9.17) is 10.5 Å². The summed E-state index contributed by atoms with van der Waals surface area (Å²) in [6.45, 7) is 9.55. The van der Waals surface area contributed by atoms with Crippen LogP contribution in [0, 0.1) is 0 Å². The van der Waals surface area contributed by atoms with E-state index in [1.807, 2.05) is 19.9 Å². The van der Waals surface area contributed by atoms with Crippen LogP contribution in [0.3, 0.4) is 0 Å². The molecule has 0 heterocycles. The topological polar surface area (TPSA) is 59.6 Å². The molecule has 0 aromatic heterocycles. The standard InChI is InChI=1S/C10H21N3O/c1-4-5-7-14-8-6-12-10(11)13-9(2)3/h4,9H,1,5-8H2,2-3H3,(H3,11,12,13). The van der Waals surface area contributed by atoms with Crippen molar-refractivity contribution in [2.45, 2.75) is 26.3 Å². The fourth-order valence-electron chi connectivity index (χ4n) is 0.841. The summed E-state index contributed by atoms with van der Waals surface area (Å²) in [5, 5.41) is 3.00. The van der Waals surface area contributed by atoms with Gasteiger partial charge in [-0.05, 0) is 20.3 Å². The van der Waals surface area contributed by atoms with E-state index in [0.29, 0.717) is 31.8 Å². The lowest BCUT2D eigenvalue weighted by molar-refractivity contribution is 0.146. The number of nitrogens with one attached hydrogen (secondary N) is 1. The Morgan fingerprint density at radius 3 is 2.86 bits per heavy atom. The molecule has 14 heavy (non-hydrogen) atoms. The van der Waals surface area contributed by atoms with Crippen molar-refractivity contribution in [3.8, 4) is 0 Å². The zero-order valence-corrected chi connectivity index (χ0v) is 9.12. The lowest BCUT2D eigenvalue weighted by atomic mass is 10.4. The van der Waals surface area contributed by atoms with Gasteiger partial charge in [-0.15, -0.1) is 6.58 Å². The maximum absolute atomic E-state index is 5.58. The van der Waals surface area contributed by atoms with Gasteiger partial charge >= 0.3 is 0 Å². The van der Waals surface area contributed by atoms with Crippen molar-refractivity contribution in [2.24, 2.45) is 10.7 Å². The minimum atomic E-state index is 0.320. The second-order valence-electron chi connectivity index (χ2n) is 3.26. The lowest BCUT2D eigenvalue weighted by Gasteiger charge is -2.08. The predicted octanol–water partition coefficient (Wildman–Crippen LogP) is 0.892. The van der Waals surface area contributed by atoms with Crippen LogP contribution in [0.25, 0.3) is 0 Å². The number of ether oxygens (including phenoxy) is 1. The fourth-order valence-corrected chi connectivity index (χ4v) is 0.841. The number of hydrogen-bond donors (Lipinski definition) is 2. The minimum absolute atomic E-state index is 0.320. The zero-order valence-electron chi connectivity index (χ0n) is 9.12. The predicted molar refractivity (Wildman–Crippen MR) is 60.4 cm³/mol. The van der Waals surface area contributed by atoms with Crippen LogP contribution in [0.5, 0.6) is 0 Å². The maximum Gasteiger partial charge on any atom is 0.188 e. The Balaban J connectivity index is 3.36. The highest BCUT2D eigenvalue weighted by Gasteiger charge is 1.93. The molecular weight excluding hydrogens is 178 g/mol. The average molecular weight is 199 g/mol. The van der Waals surface area contributed by atoms with Gasteiger partial charge in [0.15, 0.2) is 5.96 Å². The van der Waals surface area contributed by atoms with Gasteiger partial charge in [0.1, 0.15) is 0 Å². The largest absolute Gasteiger partial charge is 0.379 e. The molecule has 0 aromatic carbocycles. The molecule has 0 bridgehead atoms. The second-order valence-corrected chi connectivity index (χ2v) is 3.26. The molecule has 0 aliphatic carbocycles. The summed E-state index contributed by atoms with van der Waals surface area (Å²) in [5.41, 5.74) is 5.58. The third-order valence-corrected chi connectivity index (χ3v) is 1.42. The quantitative estimate of drug-likeness (QED) is 0.277. The molecular formula is C10H21N3O. The number of hydrogen-bond acceptors (Lipinski definition) is 2. The van der Waals surface area contributed by atoms with Crippen molar-refractivity contribution in [1.82, 2.24) is 5.32 Å². The summed E-state index contributed by atoms with van der Waals surface area (Å²) in [4.78, 5) is 4.09. The van der Waals surface area contributed by atoms with E-state index in [1.165, 1.54) is 0 Å². The van der Waals surface area contributed by atoms with Crippen molar-refractivity contribution < 1.29 is 4.74 Å². The number of guanidine groups is 1. The van der Waals surface area contributed by atoms with Crippen LogP contribution in [-0.4, -0.2) is 31.8 Å². The molecule has 0 aromatic rings. The summed E-state index contributed by atoms with van der Waals surface area (Å²) in [6, 6.07) is 0.320. The molecule has 0 saturated heterocycles. The fraction of sp³-hybridized carbons (Fsp3) is 0.700. The van der Waals surface area contributed by atoms with E-state index in [9.17, 15) is 0 Å². The summed E-state index contributed by atoms with van der Waals surface area (Å²) in [6.07, 6.45) is 2.71. The van der Waals surface area contributed by atoms with Gasteiger partial charge in [0, 0.05) is 6.04 Å². The van der Waals surface area contributed by atoms with Gasteiger partial charge in [-0.2, -0.15) is 0 Å². The SMILES string of the molecule is C=CCCOCCN=C(N)NC(C)C. The van der Waals surface area contributed by atoms with E-state index in [2.05, 4.69) is 16.9 Å². The first-order valence-electron chi connectivity index (χ1n) is 4.92. The van der Waals surface area contributed by atoms with E-state index in [-0.39, 0.29) is 0 Å². The molecule has 0 aliphatic rings. The Bertz CT molecular complexity index is 178. The van der Waals surface area contributed by atoms with Crippen LogP contribution in [0.1, 0.15) is 20.3 Å². The summed E-state index contributed by atoms with van der Waals surface area (Å²) in [7, 11) is 0. The van der Waals surface area contributed by atoms with Crippen molar-refractivity contribution in [1.29, 1.82) is 0 Å². The molecule has 0 atom stereocenters. The third kappa shape index (κ3) is 9.06. The van der Waals surface area contributed by atoms with E-state index in [0.717, 1.165) is 6.42 Å².